The first-order valence-electron chi connectivity index (χ1n) is 10.8. The molecule has 2 aromatic heterocycles. The van der Waals surface area contributed by atoms with Gasteiger partial charge in [-0.3, -0.25) is 4.98 Å². The summed E-state index contributed by atoms with van der Waals surface area (Å²) < 4.78 is 5.32. The summed E-state index contributed by atoms with van der Waals surface area (Å²) in [5, 5.41) is 10.2. The van der Waals surface area contributed by atoms with Crippen molar-refractivity contribution in [3.63, 3.8) is 0 Å². The molecule has 0 fully saturated rings. The van der Waals surface area contributed by atoms with Gasteiger partial charge in [0.2, 0.25) is 0 Å². The number of fused-ring (bicyclic) bond motifs is 1. The fourth-order valence-corrected chi connectivity index (χ4v) is 3.74. The maximum Gasteiger partial charge on any atom is 0.118 e. The maximum absolute atomic E-state index is 5.32. The van der Waals surface area contributed by atoms with E-state index in [1.165, 1.54) is 29.4 Å². The number of H-pyrrole nitrogens is 1. The number of unbranched alkanes of at least 4 members (excludes halogenated alkanes) is 1. The molecule has 0 aliphatic rings. The van der Waals surface area contributed by atoms with E-state index in [0.29, 0.717) is 13.1 Å². The predicted octanol–water partition coefficient (Wildman–Crippen LogP) is 6.73. The number of nitrogens with one attached hydrogen (secondary N) is 1. The second-order valence-corrected chi connectivity index (χ2v) is 7.65. The van der Waals surface area contributed by atoms with E-state index >= 15 is 0 Å². The molecule has 0 aliphatic heterocycles. The van der Waals surface area contributed by atoms with Crippen LogP contribution in [-0.4, -0.2) is 17.1 Å². The van der Waals surface area contributed by atoms with Crippen molar-refractivity contribution >= 4 is 10.9 Å². The van der Waals surface area contributed by atoms with Gasteiger partial charge in [0, 0.05) is 28.9 Å². The van der Waals surface area contributed by atoms with Crippen LogP contribution in [0.1, 0.15) is 36.5 Å². The Kier molecular flexibility index (Phi) is 6.72. The number of methoxy groups -OCH3 is 1. The fraction of sp³-hybridized carbons (Fsp3) is 0.269. The third-order valence-electron chi connectivity index (χ3n) is 5.47. The normalized spacial score (nSPS) is 11.4. The Balaban J connectivity index is 1.67. The van der Waals surface area contributed by atoms with Crippen LogP contribution < -0.4 is 4.74 Å². The molecule has 0 amide bonds. The molecule has 0 saturated heterocycles. The van der Waals surface area contributed by atoms with Gasteiger partial charge in [-0.2, -0.15) is 10.2 Å². The second-order valence-electron chi connectivity index (χ2n) is 7.65. The number of nitrogens with zero attached hydrogens (tertiary/aromatic N) is 3. The minimum atomic E-state index is 0.527. The van der Waals surface area contributed by atoms with Gasteiger partial charge >= 0.3 is 0 Å². The molecule has 5 nitrogen and oxygen atoms in total. The molecule has 2 aromatic carbocycles. The zero-order valence-corrected chi connectivity index (χ0v) is 18.1. The number of ether oxygens (including phenoxy) is 1. The lowest BCUT2D eigenvalue weighted by Gasteiger charge is -2.05. The van der Waals surface area contributed by atoms with Gasteiger partial charge in [-0.15, -0.1) is 0 Å². The van der Waals surface area contributed by atoms with Crippen molar-refractivity contribution in [3.05, 3.63) is 83.7 Å². The van der Waals surface area contributed by atoms with E-state index in [1.54, 1.807) is 13.3 Å². The summed E-state index contributed by atoms with van der Waals surface area (Å²) in [5.41, 5.74) is 6.93. The van der Waals surface area contributed by atoms with Gasteiger partial charge in [0.15, 0.2) is 0 Å². The standard InChI is InChI=1S/C26H28N4O/c1-3-4-6-19-8-13-25-23(15-19)24(18-29-28-17-20-7-5-14-27-16-20)26(30-25)21-9-11-22(31-2)12-10-21/h5,7-16,30H,3-4,6,17-18H2,1-2H3. The fourth-order valence-electron chi connectivity index (χ4n) is 3.74. The number of aryl methyl sites for hydroxylation is 1. The first-order chi connectivity index (χ1) is 15.3. The van der Waals surface area contributed by atoms with Gasteiger partial charge < -0.3 is 9.72 Å². The molecule has 0 bridgehead atoms. The number of aromatic amines is 1. The van der Waals surface area contributed by atoms with Gasteiger partial charge in [0.1, 0.15) is 5.75 Å². The summed E-state index contributed by atoms with van der Waals surface area (Å²) in [5.74, 6) is 0.847. The molecule has 2 heterocycles. The minimum absolute atomic E-state index is 0.527. The van der Waals surface area contributed by atoms with E-state index in [-0.39, 0.29) is 0 Å². The number of hydrogen-bond donors (Lipinski definition) is 1. The highest BCUT2D eigenvalue weighted by Gasteiger charge is 2.14. The average molecular weight is 413 g/mol. The topological polar surface area (TPSA) is 62.6 Å². The highest BCUT2D eigenvalue weighted by Crippen LogP contribution is 2.33. The Hall–Kier alpha value is -3.47. The van der Waals surface area contributed by atoms with Gasteiger partial charge in [-0.25, -0.2) is 0 Å². The minimum Gasteiger partial charge on any atom is -0.497 e. The molecular weight excluding hydrogens is 384 g/mol. The molecule has 4 aromatic rings. The number of aromatic nitrogens is 2. The van der Waals surface area contributed by atoms with Crippen molar-refractivity contribution in [3.8, 4) is 17.0 Å². The van der Waals surface area contributed by atoms with Crippen LogP contribution in [0.2, 0.25) is 0 Å². The Bertz CT molecular complexity index is 1150. The van der Waals surface area contributed by atoms with E-state index in [0.717, 1.165) is 34.5 Å². The van der Waals surface area contributed by atoms with E-state index in [4.69, 9.17) is 4.74 Å². The smallest absolute Gasteiger partial charge is 0.118 e. The first-order valence-corrected chi connectivity index (χ1v) is 10.8. The number of hydrogen-bond acceptors (Lipinski definition) is 4. The summed E-state index contributed by atoms with van der Waals surface area (Å²) in [6.45, 7) is 3.29. The van der Waals surface area contributed by atoms with Crippen molar-refractivity contribution in [1.29, 1.82) is 0 Å². The van der Waals surface area contributed by atoms with E-state index < -0.39 is 0 Å². The molecule has 5 heteroatoms. The highest BCUT2D eigenvalue weighted by atomic mass is 16.5. The molecule has 0 unspecified atom stereocenters. The van der Waals surface area contributed by atoms with Gasteiger partial charge in [-0.1, -0.05) is 25.5 Å². The largest absolute Gasteiger partial charge is 0.497 e. The van der Waals surface area contributed by atoms with E-state index in [9.17, 15) is 0 Å². The number of benzene rings is 2. The van der Waals surface area contributed by atoms with Crippen LogP contribution in [0.15, 0.2) is 77.2 Å². The van der Waals surface area contributed by atoms with Crippen molar-refractivity contribution in [2.45, 2.75) is 39.3 Å². The third-order valence-corrected chi connectivity index (χ3v) is 5.47. The predicted molar refractivity (Wildman–Crippen MR) is 125 cm³/mol. The molecule has 158 valence electrons. The molecule has 31 heavy (non-hydrogen) atoms. The van der Waals surface area contributed by atoms with E-state index in [1.807, 2.05) is 30.5 Å². The van der Waals surface area contributed by atoms with Crippen LogP contribution in [0.3, 0.4) is 0 Å². The lowest BCUT2D eigenvalue weighted by atomic mass is 10.0. The van der Waals surface area contributed by atoms with Crippen molar-refractivity contribution in [2.24, 2.45) is 10.2 Å². The molecule has 0 aliphatic carbocycles. The van der Waals surface area contributed by atoms with Crippen LogP contribution in [0.5, 0.6) is 5.75 Å². The number of pyridine rings is 1. The molecule has 1 N–H and O–H groups in total. The summed E-state index contributed by atoms with van der Waals surface area (Å²) in [7, 11) is 1.68. The number of rotatable bonds is 9. The molecular formula is C26H28N4O. The lowest BCUT2D eigenvalue weighted by Crippen LogP contribution is -1.88. The van der Waals surface area contributed by atoms with Crippen LogP contribution in [-0.2, 0) is 19.5 Å². The number of azo groups is 1. The Morgan fingerprint density at radius 2 is 1.81 bits per heavy atom. The van der Waals surface area contributed by atoms with Crippen molar-refractivity contribution in [1.82, 2.24) is 9.97 Å². The molecule has 0 saturated carbocycles. The van der Waals surface area contributed by atoms with Crippen molar-refractivity contribution < 1.29 is 4.74 Å². The van der Waals surface area contributed by atoms with Gasteiger partial charge in [0.25, 0.3) is 0 Å². The lowest BCUT2D eigenvalue weighted by molar-refractivity contribution is 0.415. The Morgan fingerprint density at radius 3 is 2.55 bits per heavy atom. The maximum atomic E-state index is 5.32. The monoisotopic (exact) mass is 412 g/mol. The first kappa shape index (κ1) is 20.8. The zero-order valence-electron chi connectivity index (χ0n) is 18.1. The Morgan fingerprint density at radius 1 is 0.968 bits per heavy atom. The summed E-state index contributed by atoms with van der Waals surface area (Å²) in [6.07, 6.45) is 7.08. The quantitative estimate of drug-likeness (QED) is 0.310. The molecule has 4 rings (SSSR count). The molecule has 0 atom stereocenters. The van der Waals surface area contributed by atoms with Gasteiger partial charge in [-0.05, 0) is 72.0 Å². The molecule has 0 spiro atoms. The Labute approximate surface area is 183 Å². The van der Waals surface area contributed by atoms with Gasteiger partial charge in [0.05, 0.1) is 25.9 Å². The second kappa shape index (κ2) is 10.0. The van der Waals surface area contributed by atoms with Crippen LogP contribution in [0, 0.1) is 0 Å². The van der Waals surface area contributed by atoms with Crippen LogP contribution in [0.25, 0.3) is 22.2 Å². The van der Waals surface area contributed by atoms with E-state index in [2.05, 4.69) is 57.5 Å². The highest BCUT2D eigenvalue weighted by molar-refractivity contribution is 5.91. The van der Waals surface area contributed by atoms with Crippen LogP contribution in [0.4, 0.5) is 0 Å². The van der Waals surface area contributed by atoms with Crippen LogP contribution >= 0.6 is 0 Å². The third kappa shape index (κ3) is 5.00. The zero-order chi connectivity index (χ0) is 21.5. The SMILES string of the molecule is CCCCc1ccc2[nH]c(-c3ccc(OC)cc3)c(CN=NCc3cccnc3)c2c1. The summed E-state index contributed by atoms with van der Waals surface area (Å²) >= 11 is 0. The summed E-state index contributed by atoms with van der Waals surface area (Å²) in [4.78, 5) is 7.75. The molecule has 0 radical (unpaired) electrons. The summed E-state index contributed by atoms with van der Waals surface area (Å²) in [6, 6.07) is 18.8. The average Bonchev–Trinajstić information content (AvgIpc) is 3.19. The van der Waals surface area contributed by atoms with Crippen molar-refractivity contribution in [2.75, 3.05) is 7.11 Å².